The summed E-state index contributed by atoms with van der Waals surface area (Å²) >= 11 is 6.55. The van der Waals surface area contributed by atoms with E-state index in [4.69, 9.17) is 16.3 Å². The summed E-state index contributed by atoms with van der Waals surface area (Å²) in [6, 6.07) is 9.60. The number of fused-ring (bicyclic) bond motifs is 1. The number of hydrogen-bond donors (Lipinski definition) is 2. The Morgan fingerprint density at radius 1 is 1.09 bits per heavy atom. The van der Waals surface area contributed by atoms with Gasteiger partial charge in [0, 0.05) is 37.8 Å². The van der Waals surface area contributed by atoms with Gasteiger partial charge in [-0.05, 0) is 49.7 Å². The molecule has 9 heteroatoms. The molecule has 2 aliphatic heterocycles. The molecule has 0 bridgehead atoms. The van der Waals surface area contributed by atoms with E-state index in [0.29, 0.717) is 34.3 Å². The van der Waals surface area contributed by atoms with E-state index < -0.39 is 5.82 Å². The Hall–Kier alpha value is -3.10. The maximum atomic E-state index is 14.9. The highest BCUT2D eigenvalue weighted by Gasteiger charge is 2.24. The van der Waals surface area contributed by atoms with E-state index in [-0.39, 0.29) is 6.04 Å². The SMILES string of the molecule is CC(C)N1CCOc2c(Cl)cc(-c3cc(Nc4ccc(N5CCNCC5)nc4)ncc3F)cc21. The van der Waals surface area contributed by atoms with E-state index in [1.54, 1.807) is 18.3 Å². The molecule has 34 heavy (non-hydrogen) atoms. The number of rotatable bonds is 5. The van der Waals surface area contributed by atoms with E-state index >= 15 is 0 Å². The Kier molecular flexibility index (Phi) is 6.43. The van der Waals surface area contributed by atoms with Crippen LogP contribution in [0, 0.1) is 5.82 Å². The molecule has 0 radical (unpaired) electrons. The van der Waals surface area contributed by atoms with Gasteiger partial charge < -0.3 is 25.2 Å². The lowest BCUT2D eigenvalue weighted by Crippen LogP contribution is -2.43. The van der Waals surface area contributed by atoms with Gasteiger partial charge in [0.1, 0.15) is 24.1 Å². The standard InChI is InChI=1S/C25H28ClFN6O/c1-16(2)33-9-10-34-25-20(26)11-17(12-22(25)33)19-13-23(29-15-21(19)27)31-18-3-4-24(30-14-18)32-7-5-28-6-8-32/h3-4,11-16,28H,5-10H2,1-2H3,(H,29,31). The molecule has 0 unspecified atom stereocenters. The molecule has 0 saturated carbocycles. The highest BCUT2D eigenvalue weighted by atomic mass is 35.5. The van der Waals surface area contributed by atoms with Crippen LogP contribution in [0.5, 0.6) is 5.75 Å². The summed E-state index contributed by atoms with van der Waals surface area (Å²) in [5, 5.41) is 7.05. The van der Waals surface area contributed by atoms with Gasteiger partial charge in [0.25, 0.3) is 0 Å². The predicted octanol–water partition coefficient (Wildman–Crippen LogP) is 4.70. The van der Waals surface area contributed by atoms with Gasteiger partial charge in [-0.25, -0.2) is 14.4 Å². The molecule has 0 amide bonds. The number of nitrogens with zero attached hydrogens (tertiary/aromatic N) is 4. The Balaban J connectivity index is 1.41. The fourth-order valence-electron chi connectivity index (χ4n) is 4.41. The summed E-state index contributed by atoms with van der Waals surface area (Å²) in [5.41, 5.74) is 2.76. The van der Waals surface area contributed by atoms with Crippen LogP contribution in [0.2, 0.25) is 5.02 Å². The smallest absolute Gasteiger partial charge is 0.161 e. The molecule has 1 aromatic carbocycles. The van der Waals surface area contributed by atoms with Crippen molar-refractivity contribution in [3.8, 4) is 16.9 Å². The highest BCUT2D eigenvalue weighted by molar-refractivity contribution is 6.33. The Morgan fingerprint density at radius 3 is 2.65 bits per heavy atom. The zero-order valence-electron chi connectivity index (χ0n) is 19.3. The van der Waals surface area contributed by atoms with Crippen LogP contribution in [0.15, 0.2) is 42.7 Å². The quantitative estimate of drug-likeness (QED) is 0.546. The predicted molar refractivity (Wildman–Crippen MR) is 135 cm³/mol. The molecule has 2 aliphatic rings. The number of halogens is 2. The van der Waals surface area contributed by atoms with E-state index in [0.717, 1.165) is 49.9 Å². The maximum absolute atomic E-state index is 14.9. The number of pyridine rings is 2. The average Bonchev–Trinajstić information content (AvgIpc) is 2.86. The first-order valence-electron chi connectivity index (χ1n) is 11.6. The van der Waals surface area contributed by atoms with Crippen LogP contribution >= 0.6 is 11.6 Å². The highest BCUT2D eigenvalue weighted by Crippen LogP contribution is 2.43. The number of nitrogens with one attached hydrogen (secondary N) is 2. The van der Waals surface area contributed by atoms with Crippen molar-refractivity contribution in [2.45, 2.75) is 19.9 Å². The summed E-state index contributed by atoms with van der Waals surface area (Å²) < 4.78 is 20.7. The molecule has 1 saturated heterocycles. The minimum Gasteiger partial charge on any atom is -0.488 e. The lowest BCUT2D eigenvalue weighted by molar-refractivity contribution is 0.303. The topological polar surface area (TPSA) is 65.6 Å². The molecule has 1 fully saturated rings. The zero-order valence-corrected chi connectivity index (χ0v) is 20.1. The first-order chi connectivity index (χ1) is 16.5. The molecule has 5 rings (SSSR count). The van der Waals surface area contributed by atoms with Gasteiger partial charge in [-0.2, -0.15) is 0 Å². The van der Waals surface area contributed by atoms with Crippen molar-refractivity contribution >= 4 is 34.6 Å². The Labute approximate surface area is 203 Å². The van der Waals surface area contributed by atoms with Crippen LogP contribution in [0.25, 0.3) is 11.1 Å². The van der Waals surface area contributed by atoms with Crippen LogP contribution in [-0.2, 0) is 0 Å². The number of anilines is 4. The third-order valence-electron chi connectivity index (χ3n) is 6.16. The lowest BCUT2D eigenvalue weighted by atomic mass is 10.0. The van der Waals surface area contributed by atoms with Crippen LogP contribution in [0.1, 0.15) is 13.8 Å². The Morgan fingerprint density at radius 2 is 1.91 bits per heavy atom. The fraction of sp³-hybridized carbons (Fsp3) is 0.360. The second kappa shape index (κ2) is 9.64. The van der Waals surface area contributed by atoms with Gasteiger partial charge in [0.15, 0.2) is 5.75 Å². The number of aromatic nitrogens is 2. The average molecular weight is 483 g/mol. The zero-order chi connectivity index (χ0) is 23.7. The van der Waals surface area contributed by atoms with Gasteiger partial charge in [0.05, 0.1) is 35.3 Å². The first-order valence-corrected chi connectivity index (χ1v) is 11.9. The second-order valence-electron chi connectivity index (χ2n) is 8.76. The molecular formula is C25H28ClFN6O. The third kappa shape index (κ3) is 4.60. The van der Waals surface area contributed by atoms with Crippen LogP contribution in [-0.4, -0.2) is 55.3 Å². The molecule has 178 valence electrons. The number of ether oxygens (including phenoxy) is 1. The van der Waals surface area contributed by atoms with Gasteiger partial charge in [-0.3, -0.25) is 0 Å². The minimum absolute atomic E-state index is 0.269. The van der Waals surface area contributed by atoms with Crippen molar-refractivity contribution in [2.75, 3.05) is 54.4 Å². The largest absolute Gasteiger partial charge is 0.488 e. The van der Waals surface area contributed by atoms with Crippen molar-refractivity contribution in [3.63, 3.8) is 0 Å². The van der Waals surface area contributed by atoms with Crippen molar-refractivity contribution in [2.24, 2.45) is 0 Å². The van der Waals surface area contributed by atoms with Gasteiger partial charge in [0.2, 0.25) is 0 Å². The van der Waals surface area contributed by atoms with Crippen LogP contribution in [0.3, 0.4) is 0 Å². The molecule has 2 aromatic heterocycles. The number of benzene rings is 1. The molecule has 4 heterocycles. The molecule has 7 nitrogen and oxygen atoms in total. The summed E-state index contributed by atoms with van der Waals surface area (Å²) in [6.45, 7) is 9.35. The molecule has 2 N–H and O–H groups in total. The Bertz CT molecular complexity index is 1170. The molecule has 0 aliphatic carbocycles. The molecular weight excluding hydrogens is 455 g/mol. The van der Waals surface area contributed by atoms with Crippen LogP contribution in [0.4, 0.5) is 27.4 Å². The van der Waals surface area contributed by atoms with E-state index in [1.165, 1.54) is 6.20 Å². The van der Waals surface area contributed by atoms with Gasteiger partial charge in [-0.15, -0.1) is 0 Å². The summed E-state index contributed by atoms with van der Waals surface area (Å²) in [4.78, 5) is 13.3. The summed E-state index contributed by atoms with van der Waals surface area (Å²) in [7, 11) is 0. The van der Waals surface area contributed by atoms with Crippen molar-refractivity contribution in [1.29, 1.82) is 0 Å². The van der Waals surface area contributed by atoms with Gasteiger partial charge in [-0.1, -0.05) is 11.6 Å². The summed E-state index contributed by atoms with van der Waals surface area (Å²) in [5.74, 6) is 1.70. The summed E-state index contributed by atoms with van der Waals surface area (Å²) in [6.07, 6.45) is 3.00. The van der Waals surface area contributed by atoms with E-state index in [1.807, 2.05) is 18.2 Å². The van der Waals surface area contributed by atoms with Gasteiger partial charge >= 0.3 is 0 Å². The molecule has 0 spiro atoms. The number of hydrogen-bond acceptors (Lipinski definition) is 7. The first kappa shape index (κ1) is 22.7. The van der Waals surface area contributed by atoms with Crippen molar-refractivity contribution in [3.05, 3.63) is 53.6 Å². The van der Waals surface area contributed by atoms with E-state index in [2.05, 4.69) is 44.2 Å². The monoisotopic (exact) mass is 482 g/mol. The third-order valence-corrected chi connectivity index (χ3v) is 6.44. The molecule has 0 atom stereocenters. The lowest BCUT2D eigenvalue weighted by Gasteiger charge is -2.35. The second-order valence-corrected chi connectivity index (χ2v) is 9.17. The van der Waals surface area contributed by atoms with E-state index in [9.17, 15) is 4.39 Å². The maximum Gasteiger partial charge on any atom is 0.161 e. The number of piperazine rings is 1. The van der Waals surface area contributed by atoms with Crippen molar-refractivity contribution < 1.29 is 9.13 Å². The van der Waals surface area contributed by atoms with Crippen molar-refractivity contribution in [1.82, 2.24) is 15.3 Å². The molecule has 3 aromatic rings. The fourth-order valence-corrected chi connectivity index (χ4v) is 4.68. The normalized spacial score (nSPS) is 15.8. The van der Waals surface area contributed by atoms with Crippen LogP contribution < -0.4 is 25.2 Å². The minimum atomic E-state index is -0.415.